The predicted molar refractivity (Wildman–Crippen MR) is 168 cm³/mol. The van der Waals surface area contributed by atoms with E-state index in [1.54, 1.807) is 6.20 Å². The fourth-order valence-corrected chi connectivity index (χ4v) is 4.99. The van der Waals surface area contributed by atoms with E-state index < -0.39 is 0 Å². The molecule has 6 heteroatoms. The van der Waals surface area contributed by atoms with Crippen LogP contribution in [0.25, 0.3) is 66.5 Å². The molecule has 5 aromatic heterocycles. The molecule has 43 heavy (non-hydrogen) atoms. The fraction of sp³-hybridized carbons (Fsp3) is 0.0270. The number of benzene rings is 3. The minimum absolute atomic E-state index is 0. The summed E-state index contributed by atoms with van der Waals surface area (Å²) < 4.78 is 6.13. The van der Waals surface area contributed by atoms with E-state index in [1.165, 1.54) is 0 Å². The maximum atomic E-state index is 6.13. The van der Waals surface area contributed by atoms with Gasteiger partial charge >= 0.3 is 0 Å². The third-order valence-electron chi connectivity index (χ3n) is 7.08. The smallest absolute Gasteiger partial charge is 0.216 e. The van der Waals surface area contributed by atoms with Crippen molar-refractivity contribution in [2.45, 2.75) is 6.92 Å². The van der Waals surface area contributed by atoms with Crippen molar-refractivity contribution < 1.29 is 24.5 Å². The Kier molecular flexibility index (Phi) is 8.14. The Balaban J connectivity index is 0.000000213. The second kappa shape index (κ2) is 12.5. The molecule has 5 nitrogen and oxygen atoms in total. The van der Waals surface area contributed by atoms with Gasteiger partial charge in [0.1, 0.15) is 0 Å². The Morgan fingerprint density at radius 1 is 0.651 bits per heavy atom. The van der Waals surface area contributed by atoms with Crippen molar-refractivity contribution in [3.8, 4) is 33.6 Å². The first-order chi connectivity index (χ1) is 20.7. The first kappa shape index (κ1) is 28.1. The number of pyridine rings is 4. The zero-order valence-corrected chi connectivity index (χ0v) is 25.5. The van der Waals surface area contributed by atoms with E-state index in [0.29, 0.717) is 5.71 Å². The van der Waals surface area contributed by atoms with Crippen LogP contribution in [0.5, 0.6) is 0 Å². The SMILES string of the molecule is Cc1ccc2c(n1)oc1c(-c3cc(-c4ccc5cnccc5c4)ccn3)[c-]ccc12.[Ir].[c-]1ccccc1-c1ccccn1. The quantitative estimate of drug-likeness (QED) is 0.170. The van der Waals surface area contributed by atoms with E-state index in [2.05, 4.69) is 62.4 Å². The molecule has 0 atom stereocenters. The Morgan fingerprint density at radius 3 is 2.40 bits per heavy atom. The number of furan rings is 1. The molecule has 0 unspecified atom stereocenters. The van der Waals surface area contributed by atoms with Crippen LogP contribution in [0, 0.1) is 19.1 Å². The van der Waals surface area contributed by atoms with Crippen LogP contribution in [0.2, 0.25) is 0 Å². The van der Waals surface area contributed by atoms with Crippen LogP contribution in [0.4, 0.5) is 0 Å². The predicted octanol–water partition coefficient (Wildman–Crippen LogP) is 8.91. The number of aromatic nitrogens is 4. The van der Waals surface area contributed by atoms with Crippen molar-refractivity contribution in [1.82, 2.24) is 19.9 Å². The molecule has 0 aliphatic rings. The normalized spacial score (nSPS) is 10.7. The van der Waals surface area contributed by atoms with Crippen molar-refractivity contribution in [3.05, 3.63) is 146 Å². The summed E-state index contributed by atoms with van der Waals surface area (Å²) in [6.07, 6.45) is 7.32. The molecule has 0 aliphatic carbocycles. The van der Waals surface area contributed by atoms with E-state index in [0.717, 1.165) is 66.5 Å². The molecule has 8 aromatic rings. The van der Waals surface area contributed by atoms with Gasteiger partial charge in [-0.3, -0.25) is 4.98 Å². The number of nitrogens with zero attached hydrogens (tertiary/aromatic N) is 4. The van der Waals surface area contributed by atoms with E-state index in [4.69, 9.17) is 4.42 Å². The number of rotatable bonds is 3. The standard InChI is InChI=1S/C26H16N3O.C11H8N.Ir/c1-16-5-8-22-21-3-2-4-23(25(21)30-26(22)29-16)24-14-19(10-12-28-24)17-6-7-20-15-27-11-9-18(20)13-17;1-2-6-10(7-3-1)11-8-4-5-9-12-11;/h2-3,5-15H,1H3;1-6,8-9H;/q2*-1;. The molecule has 0 saturated heterocycles. The van der Waals surface area contributed by atoms with E-state index >= 15 is 0 Å². The van der Waals surface area contributed by atoms with Crippen molar-refractivity contribution in [2.75, 3.05) is 0 Å². The van der Waals surface area contributed by atoms with Crippen molar-refractivity contribution in [3.63, 3.8) is 0 Å². The van der Waals surface area contributed by atoms with Crippen LogP contribution >= 0.6 is 0 Å². The largest absolute Gasteiger partial charge is 0.486 e. The summed E-state index contributed by atoms with van der Waals surface area (Å²) in [7, 11) is 0. The first-order valence-electron chi connectivity index (χ1n) is 13.6. The second-order valence-electron chi connectivity index (χ2n) is 9.86. The minimum atomic E-state index is 0. The van der Waals surface area contributed by atoms with Gasteiger partial charge in [0.2, 0.25) is 5.71 Å². The molecule has 0 N–H and O–H groups in total. The summed E-state index contributed by atoms with van der Waals surface area (Å²) in [6, 6.07) is 40.6. The molecule has 3 aromatic carbocycles. The summed E-state index contributed by atoms with van der Waals surface area (Å²) >= 11 is 0. The first-order valence-corrected chi connectivity index (χ1v) is 13.6. The monoisotopic (exact) mass is 733 g/mol. The van der Waals surface area contributed by atoms with Gasteiger partial charge in [-0.1, -0.05) is 41.3 Å². The maximum Gasteiger partial charge on any atom is 0.216 e. The number of hydrogen-bond donors (Lipinski definition) is 0. The van der Waals surface area contributed by atoms with Gasteiger partial charge in [-0.05, 0) is 71.2 Å². The Hall–Kier alpha value is -5.03. The average Bonchev–Trinajstić information content (AvgIpc) is 3.43. The van der Waals surface area contributed by atoms with E-state index in [-0.39, 0.29) is 20.1 Å². The van der Waals surface area contributed by atoms with Gasteiger partial charge in [-0.25, -0.2) is 4.98 Å². The van der Waals surface area contributed by atoms with Crippen LogP contribution in [-0.4, -0.2) is 19.9 Å². The summed E-state index contributed by atoms with van der Waals surface area (Å²) in [5.41, 5.74) is 8.24. The van der Waals surface area contributed by atoms with Gasteiger partial charge in [0.05, 0.1) is 5.58 Å². The maximum absolute atomic E-state index is 6.13. The van der Waals surface area contributed by atoms with Crippen LogP contribution in [0.15, 0.2) is 132 Å². The Labute approximate surface area is 262 Å². The van der Waals surface area contributed by atoms with Gasteiger partial charge in [-0.15, -0.1) is 54.1 Å². The van der Waals surface area contributed by atoms with Gasteiger partial charge in [0, 0.05) is 61.4 Å². The summed E-state index contributed by atoms with van der Waals surface area (Å²) in [6.45, 7) is 1.96. The third kappa shape index (κ3) is 5.84. The van der Waals surface area contributed by atoms with E-state index in [1.807, 2.05) is 98.3 Å². The van der Waals surface area contributed by atoms with Crippen molar-refractivity contribution >= 4 is 32.8 Å². The van der Waals surface area contributed by atoms with Crippen LogP contribution in [0.3, 0.4) is 0 Å². The van der Waals surface area contributed by atoms with Crippen molar-refractivity contribution in [2.24, 2.45) is 0 Å². The molecule has 0 bridgehead atoms. The summed E-state index contributed by atoms with van der Waals surface area (Å²) in [4.78, 5) is 17.6. The second-order valence-corrected chi connectivity index (χ2v) is 9.86. The average molecular weight is 733 g/mol. The van der Waals surface area contributed by atoms with Crippen LogP contribution in [0.1, 0.15) is 5.69 Å². The summed E-state index contributed by atoms with van der Waals surface area (Å²) in [5.74, 6) is 0. The van der Waals surface area contributed by atoms with Gasteiger partial charge in [-0.2, -0.15) is 0 Å². The topological polar surface area (TPSA) is 64.7 Å². The molecular weight excluding hydrogens is 709 g/mol. The molecule has 0 spiro atoms. The van der Waals surface area contributed by atoms with Crippen molar-refractivity contribution in [1.29, 1.82) is 0 Å². The molecular formula is C37H24IrN4O-2. The van der Waals surface area contributed by atoms with Gasteiger partial charge < -0.3 is 14.4 Å². The molecule has 1 radical (unpaired) electrons. The molecule has 0 amide bonds. The minimum Gasteiger partial charge on any atom is -0.486 e. The Morgan fingerprint density at radius 2 is 1.53 bits per heavy atom. The van der Waals surface area contributed by atoms with Gasteiger partial charge in [0.15, 0.2) is 0 Å². The van der Waals surface area contributed by atoms with E-state index in [9.17, 15) is 0 Å². The van der Waals surface area contributed by atoms with Gasteiger partial charge in [0.25, 0.3) is 0 Å². The molecule has 209 valence electrons. The zero-order chi connectivity index (χ0) is 28.3. The molecule has 0 aliphatic heterocycles. The molecule has 0 saturated carbocycles. The number of hydrogen-bond acceptors (Lipinski definition) is 5. The number of aryl methyl sites for hydroxylation is 1. The molecule has 5 heterocycles. The fourth-order valence-electron chi connectivity index (χ4n) is 4.99. The molecule has 0 fully saturated rings. The summed E-state index contributed by atoms with van der Waals surface area (Å²) in [5, 5.41) is 4.31. The zero-order valence-electron chi connectivity index (χ0n) is 23.2. The number of fused-ring (bicyclic) bond motifs is 4. The van der Waals surface area contributed by atoms with Crippen LogP contribution < -0.4 is 0 Å². The Bertz CT molecular complexity index is 2120. The molecule has 8 rings (SSSR count). The van der Waals surface area contributed by atoms with Crippen LogP contribution in [-0.2, 0) is 20.1 Å². The third-order valence-corrected chi connectivity index (χ3v) is 7.08.